The van der Waals surface area contributed by atoms with Gasteiger partial charge in [0.15, 0.2) is 5.76 Å². The molecule has 0 heterocycles. The van der Waals surface area contributed by atoms with E-state index < -0.39 is 11.7 Å². The summed E-state index contributed by atoms with van der Waals surface area (Å²) in [7, 11) is 0. The van der Waals surface area contributed by atoms with Gasteiger partial charge in [-0.2, -0.15) is 0 Å². The number of Topliss-reactive ketones (excluding diaryl/α,β-unsaturated/α-hetero) is 1. The number of ketones is 1. The Morgan fingerprint density at radius 1 is 1.50 bits per heavy atom. The van der Waals surface area contributed by atoms with Crippen LogP contribution >= 0.6 is 0 Å². The normalized spacial score (nSPS) is 28.1. The molecule has 0 aliphatic heterocycles. The molecule has 3 nitrogen and oxygen atoms in total. The smallest absolute Gasteiger partial charge is 0.211 e. The number of allylic oxidation sites excluding steroid dienone is 2. The largest absolute Gasteiger partial charge is 0.508 e. The van der Waals surface area contributed by atoms with E-state index in [0.717, 1.165) is 0 Å². The summed E-state index contributed by atoms with van der Waals surface area (Å²) in [6.07, 6.45) is 0. The fourth-order valence-electron chi connectivity index (χ4n) is 0.583. The number of carbonyl (C=O) groups excluding carboxylic acids is 1. The zero-order valence-electron chi connectivity index (χ0n) is 4.38. The number of rotatable bonds is 0. The van der Waals surface area contributed by atoms with E-state index in [9.17, 15) is 4.79 Å². The van der Waals surface area contributed by atoms with Crippen molar-refractivity contribution in [3.8, 4) is 0 Å². The summed E-state index contributed by atoms with van der Waals surface area (Å²) in [4.78, 5) is 10.3. The van der Waals surface area contributed by atoms with Crippen molar-refractivity contribution in [3.05, 3.63) is 11.5 Å². The average molecular weight is 114 g/mol. The summed E-state index contributed by atoms with van der Waals surface area (Å²) < 4.78 is 0. The topological polar surface area (TPSA) is 57.5 Å². The first-order valence-electron chi connectivity index (χ1n) is 2.31. The Labute approximate surface area is 46.3 Å². The molecule has 44 valence electrons. The summed E-state index contributed by atoms with van der Waals surface area (Å²) in [6.45, 7) is 1.54. The lowest BCUT2D eigenvalue weighted by molar-refractivity contribution is -0.125. The van der Waals surface area contributed by atoms with Gasteiger partial charge in [-0.1, -0.05) is 0 Å². The second-order valence-corrected chi connectivity index (χ2v) is 1.82. The highest BCUT2D eigenvalue weighted by Crippen LogP contribution is 2.25. The summed E-state index contributed by atoms with van der Waals surface area (Å²) >= 11 is 0. The number of hydrogen-bond donors (Lipinski definition) is 2. The first kappa shape index (κ1) is 5.15. The third-order valence-corrected chi connectivity index (χ3v) is 1.28. The zero-order valence-corrected chi connectivity index (χ0v) is 4.38. The molecule has 1 rings (SSSR count). The maximum atomic E-state index is 10.3. The van der Waals surface area contributed by atoms with E-state index in [4.69, 9.17) is 10.2 Å². The van der Waals surface area contributed by atoms with Gasteiger partial charge in [-0.05, 0) is 6.92 Å². The second-order valence-electron chi connectivity index (χ2n) is 1.82. The molecule has 1 aliphatic carbocycles. The molecule has 0 aromatic heterocycles. The average Bonchev–Trinajstić information content (AvgIpc) is 1.83. The van der Waals surface area contributed by atoms with Gasteiger partial charge < -0.3 is 10.2 Å². The van der Waals surface area contributed by atoms with Crippen LogP contribution in [0.3, 0.4) is 0 Å². The summed E-state index contributed by atoms with van der Waals surface area (Å²) in [5.41, 5.74) is 0. The van der Waals surface area contributed by atoms with E-state index >= 15 is 0 Å². The predicted molar refractivity (Wildman–Crippen MR) is 26.5 cm³/mol. The molecule has 0 amide bonds. The third-order valence-electron chi connectivity index (χ3n) is 1.28. The zero-order chi connectivity index (χ0) is 6.31. The molecule has 1 unspecified atom stereocenters. The van der Waals surface area contributed by atoms with Crippen molar-refractivity contribution in [2.75, 3.05) is 0 Å². The van der Waals surface area contributed by atoms with Crippen molar-refractivity contribution in [1.29, 1.82) is 0 Å². The molecule has 0 saturated carbocycles. The van der Waals surface area contributed by atoms with Crippen molar-refractivity contribution in [3.63, 3.8) is 0 Å². The predicted octanol–water partition coefficient (Wildman–Crippen LogP) is 0.533. The third kappa shape index (κ3) is 0.358. The fraction of sp³-hybridized carbons (Fsp3) is 0.400. The second kappa shape index (κ2) is 1.24. The first-order valence-corrected chi connectivity index (χ1v) is 2.31. The van der Waals surface area contributed by atoms with E-state index in [1.54, 1.807) is 0 Å². The highest BCUT2D eigenvalue weighted by Gasteiger charge is 2.35. The van der Waals surface area contributed by atoms with Gasteiger partial charge in [0.05, 0.1) is 5.92 Å². The van der Waals surface area contributed by atoms with E-state index in [1.165, 1.54) is 6.92 Å². The molecule has 3 heteroatoms. The summed E-state index contributed by atoms with van der Waals surface area (Å²) in [6, 6.07) is 0. The van der Waals surface area contributed by atoms with E-state index in [1.807, 2.05) is 0 Å². The molecule has 8 heavy (non-hydrogen) atoms. The molecule has 0 aromatic rings. The summed E-state index contributed by atoms with van der Waals surface area (Å²) in [5, 5.41) is 17.0. The fourth-order valence-corrected chi connectivity index (χ4v) is 0.583. The molecule has 0 aromatic carbocycles. The van der Waals surface area contributed by atoms with Gasteiger partial charge in [0.2, 0.25) is 5.78 Å². The van der Waals surface area contributed by atoms with Gasteiger partial charge in [0, 0.05) is 0 Å². The molecular formula is C5H6O3. The minimum absolute atomic E-state index is 0.185. The Balaban J connectivity index is 2.90. The number of carbonyl (C=O) groups is 1. The van der Waals surface area contributed by atoms with E-state index in [0.29, 0.717) is 0 Å². The molecule has 2 N–H and O–H groups in total. The van der Waals surface area contributed by atoms with Crippen LogP contribution in [0.1, 0.15) is 6.92 Å². The maximum absolute atomic E-state index is 10.3. The van der Waals surface area contributed by atoms with Crippen LogP contribution in [0.4, 0.5) is 0 Å². The quantitative estimate of drug-likeness (QED) is 0.483. The van der Waals surface area contributed by atoms with Crippen molar-refractivity contribution in [2.24, 2.45) is 5.92 Å². The minimum Gasteiger partial charge on any atom is -0.508 e. The first-order chi connectivity index (χ1) is 3.64. The van der Waals surface area contributed by atoms with Gasteiger partial charge in [-0.25, -0.2) is 0 Å². The highest BCUT2D eigenvalue weighted by molar-refractivity contribution is 6.03. The Hall–Kier alpha value is -0.990. The monoisotopic (exact) mass is 114 g/mol. The van der Waals surface area contributed by atoms with Crippen LogP contribution in [0, 0.1) is 5.92 Å². The van der Waals surface area contributed by atoms with E-state index in [2.05, 4.69) is 0 Å². The van der Waals surface area contributed by atoms with Crippen LogP contribution in [0.15, 0.2) is 11.5 Å². The molecule has 1 aliphatic rings. The van der Waals surface area contributed by atoms with Crippen LogP contribution in [0.25, 0.3) is 0 Å². The number of hydrogen-bond acceptors (Lipinski definition) is 3. The molecule has 1 atom stereocenters. The summed E-state index contributed by atoms with van der Waals surface area (Å²) in [5.74, 6) is -1.51. The highest BCUT2D eigenvalue weighted by atomic mass is 16.3. The van der Waals surface area contributed by atoms with Crippen molar-refractivity contribution >= 4 is 5.78 Å². The van der Waals surface area contributed by atoms with Gasteiger partial charge in [0.25, 0.3) is 0 Å². The van der Waals surface area contributed by atoms with Gasteiger partial charge in [0.1, 0.15) is 5.76 Å². The van der Waals surface area contributed by atoms with Gasteiger partial charge >= 0.3 is 0 Å². The molecule has 0 saturated heterocycles. The molecule has 0 fully saturated rings. The Bertz CT molecular complexity index is 169. The Morgan fingerprint density at radius 2 is 2.00 bits per heavy atom. The van der Waals surface area contributed by atoms with Gasteiger partial charge in [-0.15, -0.1) is 0 Å². The molecule has 0 radical (unpaired) electrons. The molecule has 0 spiro atoms. The van der Waals surface area contributed by atoms with Crippen LogP contribution in [0.5, 0.6) is 0 Å². The lowest BCUT2D eigenvalue weighted by Crippen LogP contribution is -2.28. The SMILES string of the molecule is CC1C(=O)C(O)=C1O. The van der Waals surface area contributed by atoms with Crippen LogP contribution in [-0.2, 0) is 4.79 Å². The van der Waals surface area contributed by atoms with Crippen LogP contribution < -0.4 is 0 Å². The maximum Gasteiger partial charge on any atom is 0.211 e. The van der Waals surface area contributed by atoms with E-state index in [-0.39, 0.29) is 11.5 Å². The molecule has 0 bridgehead atoms. The van der Waals surface area contributed by atoms with Crippen molar-refractivity contribution in [2.45, 2.75) is 6.92 Å². The van der Waals surface area contributed by atoms with Crippen LogP contribution in [0.2, 0.25) is 0 Å². The van der Waals surface area contributed by atoms with Crippen molar-refractivity contribution < 1.29 is 15.0 Å². The van der Waals surface area contributed by atoms with Gasteiger partial charge in [-0.3, -0.25) is 4.79 Å². The number of aliphatic hydroxyl groups is 2. The lowest BCUT2D eigenvalue weighted by atomic mass is 9.91. The minimum atomic E-state index is -0.477. The standard InChI is InChI=1S/C5H6O3/c1-2-3(6)5(8)4(2)7/h2,6,8H,1H3. The Kier molecular flexibility index (Phi) is 0.802. The Morgan fingerprint density at radius 3 is 2.12 bits per heavy atom. The van der Waals surface area contributed by atoms with Crippen molar-refractivity contribution in [1.82, 2.24) is 0 Å². The molecular weight excluding hydrogens is 108 g/mol. The lowest BCUT2D eigenvalue weighted by Gasteiger charge is -2.18. The van der Waals surface area contributed by atoms with Crippen LogP contribution in [-0.4, -0.2) is 16.0 Å². The number of aliphatic hydroxyl groups excluding tert-OH is 2.